The van der Waals surface area contributed by atoms with Gasteiger partial charge in [-0.05, 0) is 112 Å². The van der Waals surface area contributed by atoms with Crippen LogP contribution in [0.1, 0.15) is 120 Å². The zero-order valence-electron chi connectivity index (χ0n) is 23.2. The van der Waals surface area contributed by atoms with Gasteiger partial charge in [0, 0.05) is 11.8 Å². The Balaban J connectivity index is 1.23. The van der Waals surface area contributed by atoms with Crippen molar-refractivity contribution in [3.63, 3.8) is 0 Å². The van der Waals surface area contributed by atoms with Gasteiger partial charge in [0.25, 0.3) is 0 Å². The van der Waals surface area contributed by atoms with E-state index in [1.165, 1.54) is 51.4 Å². The molecular weight excluding hydrogens is 424 g/mol. The number of fused-ring (bicyclic) bond motifs is 4. The van der Waals surface area contributed by atoms with E-state index >= 15 is 0 Å². The first-order valence-electron chi connectivity index (χ1n) is 14.5. The van der Waals surface area contributed by atoms with Gasteiger partial charge in [-0.3, -0.25) is 0 Å². The minimum absolute atomic E-state index is 0.141. The topological polar surface area (TPSA) is 36.9 Å². The molecule has 34 heavy (non-hydrogen) atoms. The normalized spacial score (nSPS) is 55.6. The summed E-state index contributed by atoms with van der Waals surface area (Å²) in [6.07, 6.45) is 13.2. The standard InChI is InChI=1S/C30H50O4/c1-19(9-12-24-32-26(4,5)34-33-24)20-13-15-28(7)22-11-10-21-25(2,3)23-14-16-30(21,31-23)29(22,8)18-17-27(20,28)6/h19-24H,9-18H2,1-8H3/t19?,20-,21-,22+,23-,24?,27-,28+,29+,30+/m1/s1. The van der Waals surface area contributed by atoms with Crippen LogP contribution in [0.4, 0.5) is 0 Å². The Labute approximate surface area is 208 Å². The fourth-order valence-corrected chi connectivity index (χ4v) is 11.3. The van der Waals surface area contributed by atoms with E-state index in [9.17, 15) is 0 Å². The molecule has 2 bridgehead atoms. The third kappa shape index (κ3) is 2.86. The summed E-state index contributed by atoms with van der Waals surface area (Å²) in [4.78, 5) is 10.8. The van der Waals surface area contributed by atoms with Crippen molar-refractivity contribution in [2.45, 2.75) is 143 Å². The zero-order chi connectivity index (χ0) is 24.4. The molecule has 3 heterocycles. The molecule has 194 valence electrons. The molecule has 3 saturated heterocycles. The highest BCUT2D eigenvalue weighted by Gasteiger charge is 2.76. The van der Waals surface area contributed by atoms with E-state index in [-0.39, 0.29) is 11.9 Å². The van der Waals surface area contributed by atoms with Crippen LogP contribution in [0.2, 0.25) is 0 Å². The van der Waals surface area contributed by atoms with E-state index in [4.69, 9.17) is 19.2 Å². The summed E-state index contributed by atoms with van der Waals surface area (Å²) in [6.45, 7) is 19.4. The van der Waals surface area contributed by atoms with E-state index in [0.29, 0.717) is 33.7 Å². The third-order valence-electron chi connectivity index (χ3n) is 13.2. The largest absolute Gasteiger partial charge is 0.370 e. The van der Waals surface area contributed by atoms with Crippen LogP contribution in [0, 0.1) is 45.3 Å². The fraction of sp³-hybridized carbons (Fsp3) is 1.00. The molecule has 3 saturated carbocycles. The average Bonchev–Trinajstić information content (AvgIpc) is 3.47. The Morgan fingerprint density at radius 1 is 0.735 bits per heavy atom. The molecule has 1 spiro atoms. The van der Waals surface area contributed by atoms with Crippen molar-refractivity contribution in [3.8, 4) is 0 Å². The molecule has 0 aromatic heterocycles. The van der Waals surface area contributed by atoms with E-state index < -0.39 is 5.79 Å². The molecule has 4 nitrogen and oxygen atoms in total. The molecule has 0 aromatic rings. The highest BCUT2D eigenvalue weighted by molar-refractivity contribution is 5.25. The summed E-state index contributed by atoms with van der Waals surface area (Å²) in [5.41, 5.74) is 1.66. The monoisotopic (exact) mass is 474 g/mol. The van der Waals surface area contributed by atoms with Crippen molar-refractivity contribution < 1.29 is 19.2 Å². The van der Waals surface area contributed by atoms with Crippen molar-refractivity contribution in [3.05, 3.63) is 0 Å². The molecule has 6 fully saturated rings. The Hall–Kier alpha value is -0.160. The maximum absolute atomic E-state index is 7.12. The number of hydrogen-bond donors (Lipinski definition) is 0. The fourth-order valence-electron chi connectivity index (χ4n) is 11.3. The van der Waals surface area contributed by atoms with Crippen LogP contribution < -0.4 is 0 Å². The van der Waals surface area contributed by atoms with Gasteiger partial charge in [0.05, 0.1) is 11.7 Å². The predicted octanol–water partition coefficient (Wildman–Crippen LogP) is 7.65. The second-order valence-electron chi connectivity index (χ2n) is 15.1. The van der Waals surface area contributed by atoms with Gasteiger partial charge in [0.2, 0.25) is 0 Å². The summed E-state index contributed by atoms with van der Waals surface area (Å²) in [5, 5.41) is 0. The highest BCUT2D eigenvalue weighted by atomic mass is 17.3. The molecule has 2 unspecified atom stereocenters. The Morgan fingerprint density at radius 3 is 2.15 bits per heavy atom. The molecule has 6 aliphatic rings. The van der Waals surface area contributed by atoms with Crippen molar-refractivity contribution in [2.75, 3.05) is 0 Å². The molecule has 4 heteroatoms. The molecule has 6 rings (SSSR count). The van der Waals surface area contributed by atoms with E-state index in [1.54, 1.807) is 0 Å². The van der Waals surface area contributed by atoms with Gasteiger partial charge < -0.3 is 9.47 Å². The zero-order valence-corrected chi connectivity index (χ0v) is 23.2. The second kappa shape index (κ2) is 7.23. The van der Waals surface area contributed by atoms with Crippen LogP contribution in [-0.4, -0.2) is 23.8 Å². The first-order valence-corrected chi connectivity index (χ1v) is 14.5. The van der Waals surface area contributed by atoms with Gasteiger partial charge in [0.15, 0.2) is 12.1 Å². The highest BCUT2D eigenvalue weighted by Crippen LogP contribution is 2.79. The first-order chi connectivity index (χ1) is 15.8. The Morgan fingerprint density at radius 2 is 1.44 bits per heavy atom. The molecule has 10 atom stereocenters. The Kier molecular flexibility index (Phi) is 5.15. The van der Waals surface area contributed by atoms with Crippen molar-refractivity contribution in [2.24, 2.45) is 45.3 Å². The molecule has 3 aliphatic heterocycles. The number of rotatable bonds is 4. The average molecular weight is 475 g/mol. The van der Waals surface area contributed by atoms with Crippen LogP contribution in [-0.2, 0) is 19.2 Å². The van der Waals surface area contributed by atoms with Crippen molar-refractivity contribution in [1.82, 2.24) is 0 Å². The lowest BCUT2D eigenvalue weighted by Crippen LogP contribution is -2.66. The van der Waals surface area contributed by atoms with E-state index in [0.717, 1.165) is 30.6 Å². The maximum atomic E-state index is 7.12. The third-order valence-corrected chi connectivity index (χ3v) is 13.2. The van der Waals surface area contributed by atoms with Gasteiger partial charge in [-0.15, -0.1) is 0 Å². The van der Waals surface area contributed by atoms with Crippen molar-refractivity contribution >= 4 is 0 Å². The molecule has 3 aliphatic carbocycles. The quantitative estimate of drug-likeness (QED) is 0.392. The summed E-state index contributed by atoms with van der Waals surface area (Å²) in [5.74, 6) is 2.38. The van der Waals surface area contributed by atoms with Crippen molar-refractivity contribution in [1.29, 1.82) is 0 Å². The number of hydrogen-bond acceptors (Lipinski definition) is 4. The summed E-state index contributed by atoms with van der Waals surface area (Å²) >= 11 is 0. The van der Waals surface area contributed by atoms with Crippen LogP contribution in [0.15, 0.2) is 0 Å². The minimum atomic E-state index is -0.617. The van der Waals surface area contributed by atoms with Gasteiger partial charge in [-0.2, -0.15) is 4.89 Å². The molecular formula is C30H50O4. The second-order valence-corrected chi connectivity index (χ2v) is 15.1. The van der Waals surface area contributed by atoms with E-state index in [2.05, 4.69) is 41.5 Å². The van der Waals surface area contributed by atoms with E-state index in [1.807, 2.05) is 13.8 Å². The predicted molar refractivity (Wildman–Crippen MR) is 133 cm³/mol. The van der Waals surface area contributed by atoms with Gasteiger partial charge in [-0.25, -0.2) is 4.89 Å². The molecule has 0 N–H and O–H groups in total. The van der Waals surface area contributed by atoms with Crippen LogP contribution in [0.5, 0.6) is 0 Å². The lowest BCUT2D eigenvalue weighted by Gasteiger charge is -2.68. The lowest BCUT2D eigenvalue weighted by molar-refractivity contribution is -0.321. The smallest absolute Gasteiger partial charge is 0.199 e. The van der Waals surface area contributed by atoms with Gasteiger partial charge >= 0.3 is 0 Å². The summed E-state index contributed by atoms with van der Waals surface area (Å²) < 4.78 is 13.0. The van der Waals surface area contributed by atoms with Gasteiger partial charge in [0.1, 0.15) is 0 Å². The minimum Gasteiger partial charge on any atom is -0.370 e. The lowest BCUT2D eigenvalue weighted by atomic mass is 9.36. The summed E-state index contributed by atoms with van der Waals surface area (Å²) in [6, 6.07) is 0. The van der Waals surface area contributed by atoms with Gasteiger partial charge in [-0.1, -0.05) is 41.5 Å². The molecule has 0 radical (unpaired) electrons. The van der Waals surface area contributed by atoms with Crippen LogP contribution in [0.3, 0.4) is 0 Å². The van der Waals surface area contributed by atoms with Crippen LogP contribution >= 0.6 is 0 Å². The first kappa shape index (κ1) is 24.2. The summed E-state index contributed by atoms with van der Waals surface area (Å²) in [7, 11) is 0. The molecule has 0 aromatic carbocycles. The maximum Gasteiger partial charge on any atom is 0.199 e. The number of ether oxygens (including phenoxy) is 2. The van der Waals surface area contributed by atoms with Crippen LogP contribution in [0.25, 0.3) is 0 Å². The Bertz CT molecular complexity index is 838. The molecule has 0 amide bonds. The SMILES string of the molecule is CC(CCC1OOC(C)(C)O1)[C@H]1CC[C@@]2(C)[C@@H]3CC[C@@H]4C(C)(C)[C@H]5CC[C@@]4(O5)[C@@]3(C)CC[C@]12C.